The van der Waals surface area contributed by atoms with Crippen molar-refractivity contribution in [3.05, 3.63) is 47.8 Å². The van der Waals surface area contributed by atoms with Crippen LogP contribution in [0.3, 0.4) is 0 Å². The molecule has 1 aromatic heterocycles. The number of nitriles is 1. The second kappa shape index (κ2) is 6.39. The molecule has 0 aliphatic rings. The summed E-state index contributed by atoms with van der Waals surface area (Å²) in [6.45, 7) is 0. The van der Waals surface area contributed by atoms with Gasteiger partial charge in [-0.1, -0.05) is 0 Å². The number of anilines is 2. The average Bonchev–Trinajstić information content (AvgIpc) is 2.55. The van der Waals surface area contributed by atoms with Gasteiger partial charge in [0.2, 0.25) is 0 Å². The van der Waals surface area contributed by atoms with Gasteiger partial charge in [-0.05, 0) is 24.3 Å². The van der Waals surface area contributed by atoms with E-state index in [0.717, 1.165) is 5.69 Å². The molecular weight excluding hydrogens is 268 g/mol. The predicted molar refractivity (Wildman–Crippen MR) is 79.4 cm³/mol. The summed E-state index contributed by atoms with van der Waals surface area (Å²) in [5, 5.41) is 14.5. The van der Waals surface area contributed by atoms with Gasteiger partial charge in [0.15, 0.2) is 0 Å². The normalized spacial score (nSPS) is 9.57. The molecule has 2 N–H and O–H groups in total. The number of carbonyl (C=O) groups is 1. The first-order chi connectivity index (χ1) is 10.2. The molecule has 0 saturated heterocycles. The number of pyridine rings is 1. The van der Waals surface area contributed by atoms with Crippen LogP contribution in [0, 0.1) is 11.3 Å². The first-order valence-electron chi connectivity index (χ1n) is 6.21. The Morgan fingerprint density at radius 2 is 2.14 bits per heavy atom. The van der Waals surface area contributed by atoms with Crippen molar-refractivity contribution in [3.63, 3.8) is 0 Å². The van der Waals surface area contributed by atoms with E-state index in [1.807, 2.05) is 6.07 Å². The molecule has 0 saturated carbocycles. The van der Waals surface area contributed by atoms with E-state index >= 15 is 0 Å². The van der Waals surface area contributed by atoms with E-state index in [-0.39, 0.29) is 5.91 Å². The van der Waals surface area contributed by atoms with Crippen molar-refractivity contribution in [2.75, 3.05) is 24.8 Å². The molecule has 0 fully saturated rings. The van der Waals surface area contributed by atoms with Crippen molar-refractivity contribution < 1.29 is 9.53 Å². The van der Waals surface area contributed by atoms with Crippen molar-refractivity contribution in [1.82, 2.24) is 4.98 Å². The van der Waals surface area contributed by atoms with Gasteiger partial charge in [0.05, 0.1) is 36.3 Å². The maximum Gasteiger partial charge on any atom is 0.274 e. The Morgan fingerprint density at radius 1 is 1.33 bits per heavy atom. The number of nitrogens with one attached hydrogen (secondary N) is 2. The largest absolute Gasteiger partial charge is 0.495 e. The van der Waals surface area contributed by atoms with Crippen molar-refractivity contribution in [2.24, 2.45) is 0 Å². The van der Waals surface area contributed by atoms with E-state index in [0.29, 0.717) is 22.7 Å². The number of amides is 1. The molecule has 0 radical (unpaired) electrons. The van der Waals surface area contributed by atoms with Crippen molar-refractivity contribution in [2.45, 2.75) is 0 Å². The van der Waals surface area contributed by atoms with E-state index in [1.165, 1.54) is 7.11 Å². The first-order valence-corrected chi connectivity index (χ1v) is 6.21. The molecule has 0 bridgehead atoms. The molecule has 2 rings (SSSR count). The fourth-order valence-corrected chi connectivity index (χ4v) is 1.73. The quantitative estimate of drug-likeness (QED) is 0.898. The van der Waals surface area contributed by atoms with Crippen LogP contribution in [-0.4, -0.2) is 25.0 Å². The van der Waals surface area contributed by atoms with E-state index in [1.54, 1.807) is 43.6 Å². The predicted octanol–water partition coefficient (Wildman–Crippen LogP) is 2.26. The molecule has 1 aromatic carbocycles. The lowest BCUT2D eigenvalue weighted by molar-refractivity contribution is 0.102. The van der Waals surface area contributed by atoms with E-state index in [2.05, 4.69) is 15.6 Å². The Morgan fingerprint density at radius 3 is 2.71 bits per heavy atom. The van der Waals surface area contributed by atoms with Gasteiger partial charge in [-0.2, -0.15) is 5.26 Å². The van der Waals surface area contributed by atoms with E-state index < -0.39 is 0 Å². The van der Waals surface area contributed by atoms with Gasteiger partial charge < -0.3 is 15.4 Å². The highest BCUT2D eigenvalue weighted by Gasteiger charge is 2.11. The molecule has 6 heteroatoms. The Balaban J connectivity index is 2.20. The number of methoxy groups -OCH3 is 1. The smallest absolute Gasteiger partial charge is 0.274 e. The van der Waals surface area contributed by atoms with Crippen LogP contribution in [0.15, 0.2) is 36.5 Å². The highest BCUT2D eigenvalue weighted by molar-refractivity contribution is 6.03. The number of ether oxygens (including phenoxy) is 1. The van der Waals surface area contributed by atoms with Gasteiger partial charge >= 0.3 is 0 Å². The Kier molecular flexibility index (Phi) is 4.36. The summed E-state index contributed by atoms with van der Waals surface area (Å²) in [6.07, 6.45) is 1.57. The van der Waals surface area contributed by atoms with Gasteiger partial charge in [0.1, 0.15) is 11.4 Å². The lowest BCUT2D eigenvalue weighted by atomic mass is 10.2. The molecule has 21 heavy (non-hydrogen) atoms. The van der Waals surface area contributed by atoms with Crippen LogP contribution in [0.1, 0.15) is 16.1 Å². The minimum absolute atomic E-state index is 0.292. The van der Waals surface area contributed by atoms with Gasteiger partial charge in [-0.3, -0.25) is 4.79 Å². The molecule has 0 aliphatic carbocycles. The van der Waals surface area contributed by atoms with Crippen molar-refractivity contribution >= 4 is 17.3 Å². The molecule has 106 valence electrons. The highest BCUT2D eigenvalue weighted by atomic mass is 16.5. The van der Waals surface area contributed by atoms with Crippen LogP contribution in [-0.2, 0) is 0 Å². The van der Waals surface area contributed by atoms with Crippen LogP contribution < -0.4 is 15.4 Å². The molecule has 2 aromatic rings. The minimum atomic E-state index is -0.347. The van der Waals surface area contributed by atoms with Gasteiger partial charge in [0, 0.05) is 13.1 Å². The van der Waals surface area contributed by atoms with Gasteiger partial charge in [-0.25, -0.2) is 4.98 Å². The van der Waals surface area contributed by atoms with Crippen LogP contribution >= 0.6 is 0 Å². The summed E-state index contributed by atoms with van der Waals surface area (Å²) < 4.78 is 5.16. The number of aromatic nitrogens is 1. The number of rotatable bonds is 4. The van der Waals surface area contributed by atoms with E-state index in [9.17, 15) is 4.79 Å². The minimum Gasteiger partial charge on any atom is -0.495 e. The zero-order valence-electron chi connectivity index (χ0n) is 11.7. The first kappa shape index (κ1) is 14.3. The summed E-state index contributed by atoms with van der Waals surface area (Å²) in [4.78, 5) is 16.2. The number of carbonyl (C=O) groups excluding carboxylic acids is 1. The Labute approximate surface area is 122 Å². The summed E-state index contributed by atoms with van der Waals surface area (Å²) in [5.74, 6) is 0.0786. The molecule has 0 unspecified atom stereocenters. The SMILES string of the molecule is CNc1ccc(C(=O)Nc2ccc(C#N)cc2OC)nc1. The topological polar surface area (TPSA) is 87.0 Å². The third kappa shape index (κ3) is 3.28. The lowest BCUT2D eigenvalue weighted by Crippen LogP contribution is -2.14. The van der Waals surface area contributed by atoms with Gasteiger partial charge in [-0.15, -0.1) is 0 Å². The molecular formula is C15H14N4O2. The third-order valence-electron chi connectivity index (χ3n) is 2.86. The molecule has 1 heterocycles. The standard InChI is InChI=1S/C15H14N4O2/c1-17-11-4-6-13(18-9-11)15(20)19-12-5-3-10(8-16)7-14(12)21-2/h3-7,9,17H,1-2H3,(H,19,20). The van der Waals surface area contributed by atoms with Crippen LogP contribution in [0.25, 0.3) is 0 Å². The molecule has 0 spiro atoms. The number of hydrogen-bond donors (Lipinski definition) is 2. The fraction of sp³-hybridized carbons (Fsp3) is 0.133. The maximum absolute atomic E-state index is 12.1. The Bertz CT molecular complexity index is 690. The van der Waals surface area contributed by atoms with Crippen molar-refractivity contribution in [3.8, 4) is 11.8 Å². The molecule has 1 amide bonds. The van der Waals surface area contributed by atoms with Crippen LogP contribution in [0.5, 0.6) is 5.75 Å². The van der Waals surface area contributed by atoms with E-state index in [4.69, 9.17) is 10.00 Å². The molecule has 0 atom stereocenters. The van der Waals surface area contributed by atoms with Gasteiger partial charge in [0.25, 0.3) is 5.91 Å². The molecule has 0 aliphatic heterocycles. The summed E-state index contributed by atoms with van der Waals surface area (Å²) in [7, 11) is 3.25. The summed E-state index contributed by atoms with van der Waals surface area (Å²) in [5.41, 5.74) is 2.06. The Hall–Kier alpha value is -3.07. The monoisotopic (exact) mass is 282 g/mol. The zero-order chi connectivity index (χ0) is 15.2. The molecule has 6 nitrogen and oxygen atoms in total. The second-order valence-electron chi connectivity index (χ2n) is 4.16. The highest BCUT2D eigenvalue weighted by Crippen LogP contribution is 2.25. The fourth-order valence-electron chi connectivity index (χ4n) is 1.73. The lowest BCUT2D eigenvalue weighted by Gasteiger charge is -2.10. The van der Waals surface area contributed by atoms with Crippen LogP contribution in [0.4, 0.5) is 11.4 Å². The average molecular weight is 282 g/mol. The number of nitrogens with zero attached hydrogens (tertiary/aromatic N) is 2. The van der Waals surface area contributed by atoms with Crippen LogP contribution in [0.2, 0.25) is 0 Å². The number of hydrogen-bond acceptors (Lipinski definition) is 5. The summed E-state index contributed by atoms with van der Waals surface area (Å²) >= 11 is 0. The summed E-state index contributed by atoms with van der Waals surface area (Å²) in [6, 6.07) is 10.2. The maximum atomic E-state index is 12.1. The third-order valence-corrected chi connectivity index (χ3v) is 2.86. The second-order valence-corrected chi connectivity index (χ2v) is 4.16. The zero-order valence-corrected chi connectivity index (χ0v) is 11.7. The van der Waals surface area contributed by atoms with Crippen molar-refractivity contribution in [1.29, 1.82) is 5.26 Å². The number of benzene rings is 1.